The van der Waals surface area contributed by atoms with E-state index in [0.717, 1.165) is 19.5 Å². The number of nitrogens with one attached hydrogen (secondary N) is 2. The summed E-state index contributed by atoms with van der Waals surface area (Å²) in [6.07, 6.45) is -1.89. The molecular formula is C19H26F3N3O. The summed E-state index contributed by atoms with van der Waals surface area (Å²) in [5.74, 6) is -0.939. The van der Waals surface area contributed by atoms with Gasteiger partial charge in [0.15, 0.2) is 0 Å². The molecule has 3 atom stereocenters. The number of anilines is 1. The van der Waals surface area contributed by atoms with Crippen molar-refractivity contribution in [2.75, 3.05) is 24.5 Å². The molecule has 2 fully saturated rings. The van der Waals surface area contributed by atoms with Crippen molar-refractivity contribution in [1.29, 1.82) is 0 Å². The Morgan fingerprint density at radius 2 is 1.92 bits per heavy atom. The van der Waals surface area contributed by atoms with E-state index in [-0.39, 0.29) is 24.9 Å². The standard InChI is InChI=1S/C19H26F3N3O/c20-19(21,22)15-5-4-6-16(11-15)24-18(26)23-12-14-9-10-25(13-14)17-7-2-1-3-8-17/h1-3,7-8,14-16H,4-6,9-13H2,(H2,23,24,26). The number of para-hydroxylation sites is 1. The van der Waals surface area contributed by atoms with E-state index >= 15 is 0 Å². The van der Waals surface area contributed by atoms with Gasteiger partial charge in [-0.3, -0.25) is 0 Å². The number of carbonyl (C=O) groups is 1. The molecule has 0 radical (unpaired) electrons. The molecule has 1 aromatic rings. The van der Waals surface area contributed by atoms with Gasteiger partial charge in [-0.2, -0.15) is 13.2 Å². The number of alkyl halides is 3. The van der Waals surface area contributed by atoms with Crippen LogP contribution in [-0.2, 0) is 0 Å². The lowest BCUT2D eigenvalue weighted by molar-refractivity contribution is -0.183. The van der Waals surface area contributed by atoms with Gasteiger partial charge < -0.3 is 15.5 Å². The molecule has 2 N–H and O–H groups in total. The third kappa shape index (κ3) is 5.05. The van der Waals surface area contributed by atoms with Crippen molar-refractivity contribution < 1.29 is 18.0 Å². The second kappa shape index (κ2) is 8.18. The van der Waals surface area contributed by atoms with Crippen molar-refractivity contribution in [1.82, 2.24) is 10.6 Å². The van der Waals surface area contributed by atoms with Crippen LogP contribution in [0.1, 0.15) is 32.1 Å². The molecule has 4 nitrogen and oxygen atoms in total. The second-order valence-corrected chi connectivity index (χ2v) is 7.39. The number of benzene rings is 1. The summed E-state index contributed by atoms with van der Waals surface area (Å²) in [4.78, 5) is 14.3. The second-order valence-electron chi connectivity index (χ2n) is 7.39. The van der Waals surface area contributed by atoms with Crippen LogP contribution in [0.2, 0.25) is 0 Å². The van der Waals surface area contributed by atoms with Gasteiger partial charge in [-0.25, -0.2) is 4.79 Å². The van der Waals surface area contributed by atoms with Crippen molar-refractivity contribution in [2.24, 2.45) is 11.8 Å². The minimum Gasteiger partial charge on any atom is -0.371 e. The third-order valence-electron chi connectivity index (χ3n) is 5.43. The van der Waals surface area contributed by atoms with Crippen LogP contribution in [0.3, 0.4) is 0 Å². The van der Waals surface area contributed by atoms with E-state index in [0.29, 0.717) is 25.3 Å². The van der Waals surface area contributed by atoms with Gasteiger partial charge in [0.1, 0.15) is 0 Å². The van der Waals surface area contributed by atoms with Crippen LogP contribution in [0.4, 0.5) is 23.7 Å². The smallest absolute Gasteiger partial charge is 0.371 e. The molecule has 0 spiro atoms. The molecule has 1 aliphatic heterocycles. The summed E-state index contributed by atoms with van der Waals surface area (Å²) in [7, 11) is 0. The van der Waals surface area contributed by atoms with Crippen LogP contribution in [0.25, 0.3) is 0 Å². The van der Waals surface area contributed by atoms with Gasteiger partial charge in [0.05, 0.1) is 5.92 Å². The maximum absolute atomic E-state index is 12.8. The molecule has 26 heavy (non-hydrogen) atoms. The number of carbonyl (C=O) groups excluding carboxylic acids is 1. The van der Waals surface area contributed by atoms with Crippen molar-refractivity contribution in [3.8, 4) is 0 Å². The molecule has 0 bridgehead atoms. The summed E-state index contributed by atoms with van der Waals surface area (Å²) in [5, 5.41) is 5.56. The first-order valence-corrected chi connectivity index (χ1v) is 9.33. The molecule has 7 heteroatoms. The van der Waals surface area contributed by atoms with Gasteiger partial charge >= 0.3 is 12.2 Å². The summed E-state index contributed by atoms with van der Waals surface area (Å²) in [5.41, 5.74) is 1.18. The SMILES string of the molecule is O=C(NCC1CCN(c2ccccc2)C1)NC1CCCC(C(F)(F)F)C1. The Bertz CT molecular complexity index is 593. The number of urea groups is 1. The van der Waals surface area contributed by atoms with E-state index in [1.54, 1.807) is 0 Å². The number of amides is 2. The zero-order valence-corrected chi connectivity index (χ0v) is 14.8. The van der Waals surface area contributed by atoms with Gasteiger partial charge in [0.2, 0.25) is 0 Å². The predicted octanol–water partition coefficient (Wildman–Crippen LogP) is 3.93. The van der Waals surface area contributed by atoms with Crippen molar-refractivity contribution in [3.05, 3.63) is 30.3 Å². The Morgan fingerprint density at radius 1 is 1.15 bits per heavy atom. The number of halogens is 3. The largest absolute Gasteiger partial charge is 0.391 e. The highest BCUT2D eigenvalue weighted by Gasteiger charge is 2.42. The van der Waals surface area contributed by atoms with Crippen molar-refractivity contribution in [3.63, 3.8) is 0 Å². The molecule has 3 unspecified atom stereocenters. The maximum Gasteiger partial charge on any atom is 0.391 e. The third-order valence-corrected chi connectivity index (χ3v) is 5.43. The summed E-state index contributed by atoms with van der Waals surface area (Å²) in [6, 6.07) is 9.40. The Hall–Kier alpha value is -1.92. The summed E-state index contributed by atoms with van der Waals surface area (Å²) in [6.45, 7) is 2.38. The summed E-state index contributed by atoms with van der Waals surface area (Å²) < 4.78 is 38.5. The van der Waals surface area contributed by atoms with E-state index in [1.165, 1.54) is 5.69 Å². The number of rotatable bonds is 4. The molecule has 144 valence electrons. The molecule has 2 amide bonds. The lowest BCUT2D eigenvalue weighted by Gasteiger charge is -2.31. The van der Waals surface area contributed by atoms with Crippen LogP contribution in [0.15, 0.2) is 30.3 Å². The lowest BCUT2D eigenvalue weighted by atomic mass is 9.85. The molecule has 0 aromatic heterocycles. The Morgan fingerprint density at radius 3 is 2.65 bits per heavy atom. The predicted molar refractivity (Wildman–Crippen MR) is 95.1 cm³/mol. The molecule has 1 aliphatic carbocycles. The number of hydrogen-bond acceptors (Lipinski definition) is 2. The van der Waals surface area contributed by atoms with E-state index in [9.17, 15) is 18.0 Å². The van der Waals surface area contributed by atoms with Gasteiger partial charge in [-0.1, -0.05) is 24.6 Å². The van der Waals surface area contributed by atoms with Crippen LogP contribution in [0.5, 0.6) is 0 Å². The quantitative estimate of drug-likeness (QED) is 0.845. The average molecular weight is 369 g/mol. The molecule has 3 rings (SSSR count). The van der Waals surface area contributed by atoms with E-state index < -0.39 is 12.1 Å². The molecular weight excluding hydrogens is 343 g/mol. The van der Waals surface area contributed by atoms with Gasteiger partial charge in [0, 0.05) is 31.4 Å². The van der Waals surface area contributed by atoms with E-state index in [1.807, 2.05) is 18.2 Å². The lowest BCUT2D eigenvalue weighted by Crippen LogP contribution is -2.46. The molecule has 1 aromatic carbocycles. The van der Waals surface area contributed by atoms with Crippen molar-refractivity contribution in [2.45, 2.75) is 44.3 Å². The topological polar surface area (TPSA) is 44.4 Å². The zero-order chi connectivity index (χ0) is 18.6. The zero-order valence-electron chi connectivity index (χ0n) is 14.8. The summed E-state index contributed by atoms with van der Waals surface area (Å²) >= 11 is 0. The van der Waals surface area contributed by atoms with E-state index in [2.05, 4.69) is 27.7 Å². The highest BCUT2D eigenvalue weighted by Crippen LogP contribution is 2.37. The minimum absolute atomic E-state index is 0.0118. The first-order chi connectivity index (χ1) is 12.4. The van der Waals surface area contributed by atoms with Crippen LogP contribution < -0.4 is 15.5 Å². The van der Waals surface area contributed by atoms with Crippen LogP contribution >= 0.6 is 0 Å². The maximum atomic E-state index is 12.8. The fraction of sp³-hybridized carbons (Fsp3) is 0.632. The normalized spacial score (nSPS) is 26.6. The number of nitrogens with zero attached hydrogens (tertiary/aromatic N) is 1. The average Bonchev–Trinajstić information content (AvgIpc) is 3.09. The monoisotopic (exact) mass is 369 g/mol. The van der Waals surface area contributed by atoms with Gasteiger partial charge in [-0.05, 0) is 43.7 Å². The van der Waals surface area contributed by atoms with Crippen LogP contribution in [-0.4, -0.2) is 37.9 Å². The molecule has 2 aliphatic rings. The fourth-order valence-electron chi connectivity index (χ4n) is 3.96. The van der Waals surface area contributed by atoms with Crippen LogP contribution in [0, 0.1) is 11.8 Å². The van der Waals surface area contributed by atoms with E-state index in [4.69, 9.17) is 0 Å². The molecule has 1 saturated heterocycles. The molecule has 1 heterocycles. The highest BCUT2D eigenvalue weighted by atomic mass is 19.4. The van der Waals surface area contributed by atoms with Gasteiger partial charge in [0.25, 0.3) is 0 Å². The minimum atomic E-state index is -4.17. The van der Waals surface area contributed by atoms with Gasteiger partial charge in [-0.15, -0.1) is 0 Å². The first-order valence-electron chi connectivity index (χ1n) is 9.33. The van der Waals surface area contributed by atoms with Crippen molar-refractivity contribution >= 4 is 11.7 Å². The molecule has 1 saturated carbocycles. The Balaban J connectivity index is 1.39. The number of hydrogen-bond donors (Lipinski definition) is 2. The Labute approximate surface area is 152 Å². The highest BCUT2D eigenvalue weighted by molar-refractivity contribution is 5.74. The first kappa shape index (κ1) is 18.9. The Kier molecular flexibility index (Phi) is 5.94. The fourth-order valence-corrected chi connectivity index (χ4v) is 3.96.